The average molecular weight is 444 g/mol. The molecule has 1 amide bonds. The SMILES string of the molecule is C[C@@H](CC(CN[C@H]1CC[C@@H]2CN(Cc3ccccc3)C[C@@H]21)N(C)C(=O)O)C(=O)C(C)(C)C. The molecule has 5 atom stereocenters. The molecule has 0 spiro atoms. The van der Waals surface area contributed by atoms with E-state index >= 15 is 0 Å². The Morgan fingerprint density at radius 1 is 1.19 bits per heavy atom. The van der Waals surface area contributed by atoms with E-state index < -0.39 is 11.5 Å². The van der Waals surface area contributed by atoms with Crippen LogP contribution in [0.2, 0.25) is 0 Å². The summed E-state index contributed by atoms with van der Waals surface area (Å²) in [5.41, 5.74) is 0.946. The van der Waals surface area contributed by atoms with Crippen molar-refractivity contribution >= 4 is 11.9 Å². The van der Waals surface area contributed by atoms with Crippen LogP contribution < -0.4 is 5.32 Å². The molecule has 2 aliphatic rings. The highest BCUT2D eigenvalue weighted by Crippen LogP contribution is 2.38. The van der Waals surface area contributed by atoms with Crippen LogP contribution in [0.5, 0.6) is 0 Å². The van der Waals surface area contributed by atoms with E-state index in [1.165, 1.54) is 16.9 Å². The molecule has 1 saturated carbocycles. The van der Waals surface area contributed by atoms with Crippen LogP contribution in [0, 0.1) is 23.2 Å². The number of ketones is 1. The van der Waals surface area contributed by atoms with Gasteiger partial charge < -0.3 is 15.3 Å². The Bertz CT molecular complexity index is 776. The van der Waals surface area contributed by atoms with Crippen LogP contribution in [0.3, 0.4) is 0 Å². The summed E-state index contributed by atoms with van der Waals surface area (Å²) in [4.78, 5) is 28.3. The highest BCUT2D eigenvalue weighted by Gasteiger charge is 2.42. The number of carboxylic acid groups (broad SMARTS) is 1. The van der Waals surface area contributed by atoms with Gasteiger partial charge in [0.15, 0.2) is 0 Å². The largest absolute Gasteiger partial charge is 0.465 e. The third-order valence-corrected chi connectivity index (χ3v) is 7.46. The summed E-state index contributed by atoms with van der Waals surface area (Å²) >= 11 is 0. The first-order chi connectivity index (χ1) is 15.1. The Hall–Kier alpha value is -1.92. The maximum absolute atomic E-state index is 12.7. The Kier molecular flexibility index (Phi) is 7.99. The molecule has 0 radical (unpaired) electrons. The maximum Gasteiger partial charge on any atom is 0.407 e. The number of carbonyl (C=O) groups is 2. The molecule has 1 heterocycles. The van der Waals surface area contributed by atoms with Gasteiger partial charge in [0.25, 0.3) is 0 Å². The lowest BCUT2D eigenvalue weighted by Crippen LogP contribution is -2.48. The summed E-state index contributed by atoms with van der Waals surface area (Å²) in [6.45, 7) is 11.6. The second kappa shape index (κ2) is 10.3. The summed E-state index contributed by atoms with van der Waals surface area (Å²) in [6.07, 6.45) is 1.99. The standard InChI is InChI=1S/C26H41N3O3/c1-18(24(30)26(2,3)4)13-21(28(5)25(31)32)14-27-23-12-11-20-16-29(17-22(20)23)15-19-9-7-6-8-10-19/h6-10,18,20-23,27H,11-17H2,1-5H3,(H,31,32)/t18-,20+,21?,22-,23-/m0/s1. The van der Waals surface area contributed by atoms with Gasteiger partial charge in [0.1, 0.15) is 5.78 Å². The number of hydrogen-bond donors (Lipinski definition) is 2. The molecule has 0 bridgehead atoms. The maximum atomic E-state index is 12.7. The Morgan fingerprint density at radius 3 is 2.50 bits per heavy atom. The molecule has 1 aliphatic heterocycles. The van der Waals surface area contributed by atoms with Crippen LogP contribution in [0.1, 0.15) is 52.5 Å². The number of likely N-dealkylation sites (tertiary alicyclic amines) is 1. The molecule has 2 N–H and O–H groups in total. The van der Waals surface area contributed by atoms with E-state index in [-0.39, 0.29) is 17.7 Å². The van der Waals surface area contributed by atoms with Gasteiger partial charge in [0.2, 0.25) is 0 Å². The minimum Gasteiger partial charge on any atom is -0.465 e. The van der Waals surface area contributed by atoms with Crippen LogP contribution in [0.25, 0.3) is 0 Å². The van der Waals surface area contributed by atoms with Crippen molar-refractivity contribution in [3.05, 3.63) is 35.9 Å². The molecular weight excluding hydrogens is 402 g/mol. The lowest BCUT2D eigenvalue weighted by Gasteiger charge is -2.32. The van der Waals surface area contributed by atoms with Crippen LogP contribution in [0.15, 0.2) is 30.3 Å². The molecule has 1 aromatic rings. The molecule has 1 saturated heterocycles. The lowest BCUT2D eigenvalue weighted by molar-refractivity contribution is -0.130. The first-order valence-corrected chi connectivity index (χ1v) is 12.1. The van der Waals surface area contributed by atoms with Gasteiger partial charge >= 0.3 is 6.09 Å². The van der Waals surface area contributed by atoms with Gasteiger partial charge in [0, 0.05) is 56.6 Å². The number of hydrogen-bond acceptors (Lipinski definition) is 4. The highest BCUT2D eigenvalue weighted by atomic mass is 16.4. The van der Waals surface area contributed by atoms with Crippen LogP contribution >= 0.6 is 0 Å². The first-order valence-electron chi connectivity index (χ1n) is 12.1. The van der Waals surface area contributed by atoms with E-state index in [2.05, 4.69) is 40.5 Å². The first kappa shape index (κ1) is 24.7. The second-order valence-electron chi connectivity index (χ2n) is 11.0. The number of Topliss-reactive ketones (excluding diaryl/α,β-unsaturated/α-hetero) is 1. The summed E-state index contributed by atoms with van der Waals surface area (Å²) in [5, 5.41) is 13.3. The van der Waals surface area contributed by atoms with E-state index in [1.54, 1.807) is 7.05 Å². The van der Waals surface area contributed by atoms with Gasteiger partial charge in [-0.3, -0.25) is 9.69 Å². The zero-order valence-electron chi connectivity index (χ0n) is 20.4. The van der Waals surface area contributed by atoms with E-state index in [4.69, 9.17) is 0 Å². The number of fused-ring (bicyclic) bond motifs is 1. The molecule has 178 valence electrons. The van der Waals surface area contributed by atoms with Gasteiger partial charge in [-0.1, -0.05) is 58.0 Å². The fourth-order valence-electron chi connectivity index (χ4n) is 5.66. The monoisotopic (exact) mass is 443 g/mol. The van der Waals surface area contributed by atoms with Crippen molar-refractivity contribution in [1.82, 2.24) is 15.1 Å². The van der Waals surface area contributed by atoms with Gasteiger partial charge in [-0.25, -0.2) is 4.79 Å². The summed E-state index contributed by atoms with van der Waals surface area (Å²) < 4.78 is 0. The number of carbonyl (C=O) groups excluding carboxylic acids is 1. The van der Waals surface area contributed by atoms with Crippen molar-refractivity contribution in [1.29, 1.82) is 0 Å². The quantitative estimate of drug-likeness (QED) is 0.601. The van der Waals surface area contributed by atoms with Crippen LogP contribution in [-0.2, 0) is 11.3 Å². The molecule has 32 heavy (non-hydrogen) atoms. The topological polar surface area (TPSA) is 72.9 Å². The summed E-state index contributed by atoms with van der Waals surface area (Å²) in [7, 11) is 1.62. The fourth-order valence-corrected chi connectivity index (χ4v) is 5.66. The third-order valence-electron chi connectivity index (χ3n) is 7.46. The predicted octanol–water partition coefficient (Wildman–Crippen LogP) is 4.11. The number of nitrogens with one attached hydrogen (secondary N) is 1. The fraction of sp³-hybridized carbons (Fsp3) is 0.692. The highest BCUT2D eigenvalue weighted by molar-refractivity contribution is 5.85. The van der Waals surface area contributed by atoms with Gasteiger partial charge in [-0.2, -0.15) is 0 Å². The zero-order chi connectivity index (χ0) is 23.5. The number of nitrogens with zero attached hydrogens (tertiary/aromatic N) is 2. The smallest absolute Gasteiger partial charge is 0.407 e. The zero-order valence-corrected chi connectivity index (χ0v) is 20.4. The van der Waals surface area contributed by atoms with Crippen molar-refractivity contribution in [3.8, 4) is 0 Å². The molecule has 1 aromatic carbocycles. The second-order valence-corrected chi connectivity index (χ2v) is 11.0. The van der Waals surface area contributed by atoms with Crippen molar-refractivity contribution in [2.24, 2.45) is 23.2 Å². The van der Waals surface area contributed by atoms with Gasteiger partial charge in [0.05, 0.1) is 0 Å². The molecule has 3 rings (SSSR count). The minimum atomic E-state index is -0.939. The third kappa shape index (κ3) is 6.10. The minimum absolute atomic E-state index is 0.173. The van der Waals surface area contributed by atoms with E-state index in [0.717, 1.165) is 26.1 Å². The number of benzene rings is 1. The van der Waals surface area contributed by atoms with Crippen LogP contribution in [-0.4, -0.2) is 65.5 Å². The van der Waals surface area contributed by atoms with Gasteiger partial charge in [-0.15, -0.1) is 0 Å². The van der Waals surface area contributed by atoms with E-state index in [9.17, 15) is 14.7 Å². The van der Waals surface area contributed by atoms with Crippen molar-refractivity contribution < 1.29 is 14.7 Å². The van der Waals surface area contributed by atoms with E-state index in [1.807, 2.05) is 27.7 Å². The number of rotatable bonds is 9. The summed E-state index contributed by atoms with van der Waals surface area (Å²) in [6, 6.07) is 10.8. The molecule has 1 unspecified atom stereocenters. The molecule has 1 aliphatic carbocycles. The van der Waals surface area contributed by atoms with Crippen LogP contribution in [0.4, 0.5) is 4.79 Å². The normalized spacial score (nSPS) is 25.3. The average Bonchev–Trinajstić information content (AvgIpc) is 3.30. The molecular formula is C26H41N3O3. The Morgan fingerprint density at radius 2 is 1.88 bits per heavy atom. The predicted molar refractivity (Wildman–Crippen MR) is 128 cm³/mol. The molecule has 2 fully saturated rings. The van der Waals surface area contributed by atoms with Gasteiger partial charge in [-0.05, 0) is 36.7 Å². The van der Waals surface area contributed by atoms with Crippen molar-refractivity contribution in [2.75, 3.05) is 26.7 Å². The number of amides is 1. The van der Waals surface area contributed by atoms with Crippen molar-refractivity contribution in [3.63, 3.8) is 0 Å². The summed E-state index contributed by atoms with van der Waals surface area (Å²) in [5.74, 6) is 1.35. The Balaban J connectivity index is 1.57. The van der Waals surface area contributed by atoms with E-state index in [0.29, 0.717) is 30.8 Å². The molecule has 6 nitrogen and oxygen atoms in total. The molecule has 6 heteroatoms. The Labute approximate surface area is 193 Å². The van der Waals surface area contributed by atoms with Crippen molar-refractivity contribution in [2.45, 2.75) is 65.6 Å². The number of likely N-dealkylation sites (N-methyl/N-ethyl adjacent to an activating group) is 1. The molecule has 0 aromatic heterocycles. The lowest BCUT2D eigenvalue weighted by atomic mass is 9.81.